The average Bonchev–Trinajstić information content (AvgIpc) is 3.25. The van der Waals surface area contributed by atoms with Crippen molar-refractivity contribution in [2.45, 2.75) is 31.7 Å². The second-order valence-corrected chi connectivity index (χ2v) is 7.36. The summed E-state index contributed by atoms with van der Waals surface area (Å²) in [6.07, 6.45) is 2.91. The van der Waals surface area contributed by atoms with Gasteiger partial charge in [-0.15, -0.1) is 10.2 Å². The van der Waals surface area contributed by atoms with Crippen molar-refractivity contribution in [2.24, 2.45) is 0 Å². The minimum atomic E-state index is -0.0341. The Morgan fingerprint density at radius 1 is 1.19 bits per heavy atom. The number of likely N-dealkylation sites (tertiary alicyclic amines) is 1. The Morgan fingerprint density at radius 2 is 2.11 bits per heavy atom. The minimum Gasteiger partial charge on any atom is -0.451 e. The lowest BCUT2D eigenvalue weighted by molar-refractivity contribution is 0.0673. The molecule has 1 saturated heterocycles. The zero-order valence-electron chi connectivity index (χ0n) is 15.2. The zero-order valence-corrected chi connectivity index (χ0v) is 15.2. The molecule has 1 atom stereocenters. The van der Waals surface area contributed by atoms with E-state index in [4.69, 9.17) is 4.42 Å². The summed E-state index contributed by atoms with van der Waals surface area (Å²) in [6, 6.07) is 9.58. The number of aromatic nitrogens is 3. The average molecular weight is 365 g/mol. The maximum Gasteiger partial charge on any atom is 0.289 e. The number of amides is 1. The molecule has 1 aromatic carbocycles. The molecule has 0 bridgehead atoms. The molecule has 1 N–H and O–H groups in total. The van der Waals surface area contributed by atoms with Crippen molar-refractivity contribution in [3.8, 4) is 0 Å². The van der Waals surface area contributed by atoms with Crippen molar-refractivity contribution in [3.05, 3.63) is 47.7 Å². The molecule has 0 saturated carbocycles. The molecule has 0 aliphatic carbocycles. The molecule has 3 aromatic rings. The molecule has 0 radical (unpaired) electrons. The van der Waals surface area contributed by atoms with E-state index in [-0.39, 0.29) is 11.8 Å². The Kier molecular flexibility index (Phi) is 4.16. The highest BCUT2D eigenvalue weighted by Gasteiger charge is 2.31. The Hall–Kier alpha value is -2.67. The zero-order chi connectivity index (χ0) is 18.2. The second kappa shape index (κ2) is 6.81. The third kappa shape index (κ3) is 3.02. The number of carbonyl (C=O) groups is 1. The summed E-state index contributed by atoms with van der Waals surface area (Å²) in [6.45, 7) is 4.20. The van der Waals surface area contributed by atoms with E-state index in [9.17, 15) is 4.79 Å². The van der Waals surface area contributed by atoms with Gasteiger partial charge in [0.1, 0.15) is 17.2 Å². The van der Waals surface area contributed by atoms with Gasteiger partial charge in [-0.25, -0.2) is 0 Å². The molecule has 140 valence electrons. The van der Waals surface area contributed by atoms with Gasteiger partial charge in [0.05, 0.1) is 0 Å². The first kappa shape index (κ1) is 16.5. The molecule has 27 heavy (non-hydrogen) atoms. The van der Waals surface area contributed by atoms with E-state index in [0.29, 0.717) is 12.3 Å². The van der Waals surface area contributed by atoms with Crippen LogP contribution in [0.4, 0.5) is 0 Å². The number of furan rings is 1. The summed E-state index contributed by atoms with van der Waals surface area (Å²) in [5, 5.41) is 13.3. The lowest BCUT2D eigenvalue weighted by Gasteiger charge is -2.32. The van der Waals surface area contributed by atoms with Crippen LogP contribution >= 0.6 is 0 Å². The summed E-state index contributed by atoms with van der Waals surface area (Å²) < 4.78 is 8.03. The molecule has 0 unspecified atom stereocenters. The van der Waals surface area contributed by atoms with Crippen molar-refractivity contribution < 1.29 is 9.21 Å². The van der Waals surface area contributed by atoms with Crippen LogP contribution < -0.4 is 5.32 Å². The number of hydrogen-bond acceptors (Lipinski definition) is 5. The van der Waals surface area contributed by atoms with Crippen LogP contribution in [0.15, 0.2) is 34.7 Å². The molecule has 7 heteroatoms. The molecule has 0 spiro atoms. The van der Waals surface area contributed by atoms with Crippen LogP contribution in [-0.2, 0) is 13.0 Å². The molecule has 1 fully saturated rings. The van der Waals surface area contributed by atoms with Gasteiger partial charge >= 0.3 is 0 Å². The van der Waals surface area contributed by atoms with E-state index >= 15 is 0 Å². The van der Waals surface area contributed by atoms with Crippen molar-refractivity contribution in [1.82, 2.24) is 25.0 Å². The van der Waals surface area contributed by atoms with Gasteiger partial charge in [0, 0.05) is 50.4 Å². The van der Waals surface area contributed by atoms with E-state index in [1.807, 2.05) is 35.2 Å². The first-order chi connectivity index (χ1) is 13.3. The van der Waals surface area contributed by atoms with Crippen molar-refractivity contribution in [1.29, 1.82) is 0 Å². The Labute approximate surface area is 157 Å². The number of fused-ring (bicyclic) bond motifs is 2. The monoisotopic (exact) mass is 365 g/mol. The summed E-state index contributed by atoms with van der Waals surface area (Å²) in [5.41, 5.74) is 0.754. The highest BCUT2D eigenvalue weighted by Crippen LogP contribution is 2.28. The maximum absolute atomic E-state index is 13.0. The molecule has 2 aromatic heterocycles. The topological polar surface area (TPSA) is 76.2 Å². The smallest absolute Gasteiger partial charge is 0.289 e. The van der Waals surface area contributed by atoms with E-state index in [1.165, 1.54) is 0 Å². The fraction of sp³-hybridized carbons (Fsp3) is 0.450. The van der Waals surface area contributed by atoms with Crippen molar-refractivity contribution >= 4 is 16.9 Å². The number of piperidine rings is 1. The number of nitrogens with one attached hydrogen (secondary N) is 1. The number of rotatable bonds is 2. The van der Waals surface area contributed by atoms with E-state index in [2.05, 4.69) is 20.1 Å². The third-order valence-electron chi connectivity index (χ3n) is 5.60. The quantitative estimate of drug-likeness (QED) is 0.753. The number of nitrogens with zero attached hydrogens (tertiary/aromatic N) is 4. The summed E-state index contributed by atoms with van der Waals surface area (Å²) >= 11 is 0. The van der Waals surface area contributed by atoms with Gasteiger partial charge in [0.15, 0.2) is 5.76 Å². The van der Waals surface area contributed by atoms with Crippen LogP contribution in [0, 0.1) is 0 Å². The number of benzene rings is 1. The first-order valence-corrected chi connectivity index (χ1v) is 9.70. The third-order valence-corrected chi connectivity index (χ3v) is 5.60. The SMILES string of the molecule is O=C(c1cc2ccccc2o1)N1CCC[C@@H](c2nnc3n2CCNCC3)C1. The van der Waals surface area contributed by atoms with Crippen molar-refractivity contribution in [3.63, 3.8) is 0 Å². The van der Waals surface area contributed by atoms with Gasteiger partial charge in [0.2, 0.25) is 0 Å². The molecule has 2 aliphatic heterocycles. The van der Waals surface area contributed by atoms with Gasteiger partial charge in [-0.1, -0.05) is 18.2 Å². The molecule has 5 rings (SSSR count). The van der Waals surface area contributed by atoms with Gasteiger partial charge in [-0.3, -0.25) is 4.79 Å². The second-order valence-electron chi connectivity index (χ2n) is 7.36. The largest absolute Gasteiger partial charge is 0.451 e. The predicted octanol–water partition coefficient (Wildman–Crippen LogP) is 2.19. The molecular formula is C20H23N5O2. The Balaban J connectivity index is 1.38. The molecule has 2 aliphatic rings. The van der Waals surface area contributed by atoms with Crippen LogP contribution in [0.5, 0.6) is 0 Å². The van der Waals surface area contributed by atoms with Gasteiger partial charge in [-0.2, -0.15) is 0 Å². The summed E-state index contributed by atoms with van der Waals surface area (Å²) in [4.78, 5) is 14.9. The van der Waals surface area contributed by atoms with E-state index < -0.39 is 0 Å². The Morgan fingerprint density at radius 3 is 3.04 bits per heavy atom. The lowest BCUT2D eigenvalue weighted by atomic mass is 9.96. The molecular weight excluding hydrogens is 342 g/mol. The fourth-order valence-corrected chi connectivity index (χ4v) is 4.21. The lowest BCUT2D eigenvalue weighted by Crippen LogP contribution is -2.39. The van der Waals surface area contributed by atoms with E-state index in [0.717, 1.165) is 68.1 Å². The highest BCUT2D eigenvalue weighted by atomic mass is 16.3. The number of para-hydroxylation sites is 1. The molecule has 4 heterocycles. The number of carbonyl (C=O) groups excluding carboxylic acids is 1. The van der Waals surface area contributed by atoms with E-state index in [1.54, 1.807) is 0 Å². The number of hydrogen-bond donors (Lipinski definition) is 1. The van der Waals surface area contributed by atoms with Gasteiger partial charge in [0.25, 0.3) is 5.91 Å². The van der Waals surface area contributed by atoms with Gasteiger partial charge < -0.3 is 19.2 Å². The fourth-order valence-electron chi connectivity index (χ4n) is 4.21. The van der Waals surface area contributed by atoms with Crippen molar-refractivity contribution in [2.75, 3.05) is 26.2 Å². The molecule has 7 nitrogen and oxygen atoms in total. The summed E-state index contributed by atoms with van der Waals surface area (Å²) in [7, 11) is 0. The van der Waals surface area contributed by atoms with Crippen LogP contribution in [0.2, 0.25) is 0 Å². The standard InChI is InChI=1S/C20H23N5O2/c26-20(17-12-14-4-1-2-6-16(14)27-17)24-10-3-5-15(13-24)19-23-22-18-7-8-21-9-11-25(18)19/h1-2,4,6,12,15,21H,3,5,7-11,13H2/t15-/m1/s1. The van der Waals surface area contributed by atoms with Crippen LogP contribution in [-0.4, -0.2) is 51.8 Å². The Bertz CT molecular complexity index is 943. The molecule has 1 amide bonds. The summed E-state index contributed by atoms with van der Waals surface area (Å²) in [5.74, 6) is 2.69. The van der Waals surface area contributed by atoms with Gasteiger partial charge in [-0.05, 0) is 25.0 Å². The minimum absolute atomic E-state index is 0.0341. The normalized spacial score (nSPS) is 20.4. The van der Waals surface area contributed by atoms with Crippen LogP contribution in [0.25, 0.3) is 11.0 Å². The maximum atomic E-state index is 13.0. The first-order valence-electron chi connectivity index (χ1n) is 9.70. The highest BCUT2D eigenvalue weighted by molar-refractivity contribution is 5.96. The van der Waals surface area contributed by atoms with Crippen LogP contribution in [0.3, 0.4) is 0 Å². The van der Waals surface area contributed by atoms with Crippen LogP contribution in [0.1, 0.15) is 41.0 Å². The predicted molar refractivity (Wildman–Crippen MR) is 101 cm³/mol.